The lowest BCUT2D eigenvalue weighted by atomic mass is 10.2. The Labute approximate surface area is 93.4 Å². The second-order valence-electron chi connectivity index (χ2n) is 3.86. The predicted molar refractivity (Wildman–Crippen MR) is 59.4 cm³/mol. The van der Waals surface area contributed by atoms with Crippen molar-refractivity contribution in [2.24, 2.45) is 0 Å². The fourth-order valence-electron chi connectivity index (χ4n) is 1.70. The van der Waals surface area contributed by atoms with Gasteiger partial charge in [-0.2, -0.15) is 0 Å². The molecule has 5 heteroatoms. The van der Waals surface area contributed by atoms with Crippen LogP contribution in [0.3, 0.4) is 0 Å². The number of rotatable bonds is 2. The molecule has 1 aliphatic rings. The molecule has 0 unspecified atom stereocenters. The minimum Gasteiger partial charge on any atom is -0.399 e. The zero-order chi connectivity index (χ0) is 11.7. The topological polar surface area (TPSA) is 66.6 Å². The van der Waals surface area contributed by atoms with Crippen LogP contribution < -0.4 is 5.73 Å². The van der Waals surface area contributed by atoms with Crippen molar-refractivity contribution < 1.29 is 9.59 Å². The Balaban J connectivity index is 2.16. The first-order chi connectivity index (χ1) is 7.58. The van der Waals surface area contributed by atoms with E-state index in [1.165, 1.54) is 9.80 Å². The summed E-state index contributed by atoms with van der Waals surface area (Å²) in [5.74, 6) is -0.171. The van der Waals surface area contributed by atoms with Gasteiger partial charge in [0.25, 0.3) is 5.91 Å². The molecule has 0 spiro atoms. The summed E-state index contributed by atoms with van der Waals surface area (Å²) < 4.78 is 0. The first-order valence-electron chi connectivity index (χ1n) is 4.98. The fourth-order valence-corrected chi connectivity index (χ4v) is 1.70. The second kappa shape index (κ2) is 3.84. The number of carbonyl (C=O) groups is 2. The van der Waals surface area contributed by atoms with Crippen molar-refractivity contribution in [3.63, 3.8) is 0 Å². The Bertz CT molecular complexity index is 445. The highest BCUT2D eigenvalue weighted by Crippen LogP contribution is 2.14. The molecule has 5 nitrogen and oxygen atoms in total. The molecule has 0 aliphatic carbocycles. The summed E-state index contributed by atoms with van der Waals surface area (Å²) in [4.78, 5) is 25.7. The van der Waals surface area contributed by atoms with Gasteiger partial charge in [0.2, 0.25) is 0 Å². The summed E-state index contributed by atoms with van der Waals surface area (Å²) >= 11 is 0. The van der Waals surface area contributed by atoms with Crippen molar-refractivity contribution in [1.29, 1.82) is 0 Å². The third-order valence-electron chi connectivity index (χ3n) is 2.52. The molecule has 1 heterocycles. The van der Waals surface area contributed by atoms with Gasteiger partial charge in [-0.1, -0.05) is 12.1 Å². The van der Waals surface area contributed by atoms with Crippen LogP contribution in [0, 0.1) is 0 Å². The molecule has 1 aromatic carbocycles. The number of benzene rings is 1. The molecule has 1 fully saturated rings. The largest absolute Gasteiger partial charge is 0.399 e. The molecule has 0 saturated carbocycles. The van der Waals surface area contributed by atoms with Crippen LogP contribution in [0.5, 0.6) is 0 Å². The Morgan fingerprint density at radius 3 is 2.69 bits per heavy atom. The minimum absolute atomic E-state index is 0.154. The van der Waals surface area contributed by atoms with Crippen LogP contribution in [0.15, 0.2) is 24.3 Å². The quantitative estimate of drug-likeness (QED) is 0.587. The maximum absolute atomic E-state index is 11.6. The van der Waals surface area contributed by atoms with E-state index in [-0.39, 0.29) is 25.0 Å². The van der Waals surface area contributed by atoms with E-state index in [1.807, 2.05) is 6.07 Å². The Morgan fingerprint density at radius 1 is 1.38 bits per heavy atom. The molecule has 1 aliphatic heterocycles. The molecular weight excluding hydrogens is 206 g/mol. The van der Waals surface area contributed by atoms with E-state index < -0.39 is 0 Å². The molecule has 84 valence electrons. The molecular formula is C11H13N3O2. The number of imide groups is 1. The molecule has 2 N–H and O–H groups in total. The van der Waals surface area contributed by atoms with Gasteiger partial charge < -0.3 is 10.6 Å². The highest BCUT2D eigenvalue weighted by molar-refractivity contribution is 6.01. The van der Waals surface area contributed by atoms with Crippen molar-refractivity contribution in [3.05, 3.63) is 29.8 Å². The van der Waals surface area contributed by atoms with Crippen LogP contribution in [0.4, 0.5) is 10.5 Å². The number of carbonyl (C=O) groups excluding carboxylic acids is 2. The number of likely N-dealkylation sites (N-methyl/N-ethyl adjacent to an activating group) is 1. The highest BCUT2D eigenvalue weighted by Gasteiger charge is 2.33. The van der Waals surface area contributed by atoms with Crippen LogP contribution in [0.2, 0.25) is 0 Å². The summed E-state index contributed by atoms with van der Waals surface area (Å²) in [6.07, 6.45) is 0. The Morgan fingerprint density at radius 2 is 2.12 bits per heavy atom. The zero-order valence-corrected chi connectivity index (χ0v) is 9.01. The van der Waals surface area contributed by atoms with Gasteiger partial charge in [-0.3, -0.25) is 9.69 Å². The molecule has 0 radical (unpaired) electrons. The van der Waals surface area contributed by atoms with Crippen molar-refractivity contribution in [2.75, 3.05) is 19.3 Å². The summed E-state index contributed by atoms with van der Waals surface area (Å²) in [7, 11) is 1.61. The summed E-state index contributed by atoms with van der Waals surface area (Å²) in [6.45, 7) is 0.439. The molecule has 1 aromatic rings. The molecule has 0 atom stereocenters. The van der Waals surface area contributed by atoms with E-state index in [4.69, 9.17) is 5.73 Å². The molecule has 3 amide bonds. The Hall–Kier alpha value is -2.04. The number of nitrogens with zero attached hydrogens (tertiary/aromatic N) is 2. The van der Waals surface area contributed by atoms with Crippen LogP contribution in [0.1, 0.15) is 5.56 Å². The van der Waals surface area contributed by atoms with E-state index in [1.54, 1.807) is 25.2 Å². The van der Waals surface area contributed by atoms with Gasteiger partial charge in [0.15, 0.2) is 0 Å². The van der Waals surface area contributed by atoms with E-state index in [9.17, 15) is 9.59 Å². The van der Waals surface area contributed by atoms with Crippen molar-refractivity contribution in [2.45, 2.75) is 6.54 Å². The average Bonchev–Trinajstić information content (AvgIpc) is 2.45. The number of anilines is 1. The van der Waals surface area contributed by atoms with Crippen molar-refractivity contribution in [1.82, 2.24) is 9.80 Å². The minimum atomic E-state index is -0.257. The lowest BCUT2D eigenvalue weighted by Gasteiger charge is -2.14. The summed E-state index contributed by atoms with van der Waals surface area (Å²) in [5, 5.41) is 0. The van der Waals surface area contributed by atoms with Crippen LogP contribution in [-0.4, -0.2) is 35.3 Å². The first-order valence-corrected chi connectivity index (χ1v) is 4.98. The second-order valence-corrected chi connectivity index (χ2v) is 3.86. The molecule has 16 heavy (non-hydrogen) atoms. The van der Waals surface area contributed by atoms with E-state index >= 15 is 0 Å². The van der Waals surface area contributed by atoms with Crippen LogP contribution in [-0.2, 0) is 11.3 Å². The standard InChI is InChI=1S/C11H13N3O2/c1-13-7-10(15)14(11(13)16)6-8-3-2-4-9(12)5-8/h2-5H,6-7,12H2,1H3. The number of hydrogen-bond acceptors (Lipinski definition) is 3. The Kier molecular flexibility index (Phi) is 2.52. The van der Waals surface area contributed by atoms with E-state index in [0.717, 1.165) is 5.56 Å². The summed E-state index contributed by atoms with van der Waals surface area (Å²) in [6, 6.07) is 6.92. The van der Waals surface area contributed by atoms with Gasteiger partial charge in [-0.15, -0.1) is 0 Å². The lowest BCUT2D eigenvalue weighted by Crippen LogP contribution is -2.31. The van der Waals surface area contributed by atoms with E-state index in [2.05, 4.69) is 0 Å². The number of nitrogens with two attached hydrogens (primary N) is 1. The van der Waals surface area contributed by atoms with Gasteiger partial charge in [0.05, 0.1) is 6.54 Å². The van der Waals surface area contributed by atoms with Crippen molar-refractivity contribution >= 4 is 17.6 Å². The molecule has 2 rings (SSSR count). The molecule has 1 saturated heterocycles. The SMILES string of the molecule is CN1CC(=O)N(Cc2cccc(N)c2)C1=O. The third-order valence-corrected chi connectivity index (χ3v) is 2.52. The maximum atomic E-state index is 11.6. The van der Waals surface area contributed by atoms with Gasteiger partial charge in [-0.25, -0.2) is 4.79 Å². The van der Waals surface area contributed by atoms with Gasteiger partial charge in [-0.05, 0) is 17.7 Å². The third kappa shape index (κ3) is 1.84. The smallest absolute Gasteiger partial charge is 0.327 e. The van der Waals surface area contributed by atoms with Crippen LogP contribution in [0.25, 0.3) is 0 Å². The number of nitrogen functional groups attached to an aromatic ring is 1. The van der Waals surface area contributed by atoms with E-state index in [0.29, 0.717) is 5.69 Å². The monoisotopic (exact) mass is 219 g/mol. The number of hydrogen-bond donors (Lipinski definition) is 1. The highest BCUT2D eigenvalue weighted by atomic mass is 16.2. The zero-order valence-electron chi connectivity index (χ0n) is 9.01. The molecule has 0 aromatic heterocycles. The first kappa shape index (κ1) is 10.5. The molecule has 0 bridgehead atoms. The fraction of sp³-hybridized carbons (Fsp3) is 0.273. The van der Waals surface area contributed by atoms with Gasteiger partial charge >= 0.3 is 6.03 Å². The van der Waals surface area contributed by atoms with Crippen molar-refractivity contribution in [3.8, 4) is 0 Å². The average molecular weight is 219 g/mol. The van der Waals surface area contributed by atoms with Gasteiger partial charge in [0, 0.05) is 12.7 Å². The summed E-state index contributed by atoms with van der Waals surface area (Å²) in [5.41, 5.74) is 7.12. The number of urea groups is 1. The van der Waals surface area contributed by atoms with Crippen LogP contribution >= 0.6 is 0 Å². The predicted octanol–water partition coefficient (Wildman–Crippen LogP) is 0.663. The number of amides is 3. The van der Waals surface area contributed by atoms with Gasteiger partial charge in [0.1, 0.15) is 6.54 Å². The normalized spacial score (nSPS) is 16.1. The maximum Gasteiger partial charge on any atom is 0.327 e. The lowest BCUT2D eigenvalue weighted by molar-refractivity contribution is -0.125.